The largest absolute Gasteiger partial charge is 0.310 e. The maximum absolute atomic E-state index is 13.0. The Balaban J connectivity index is 1.76. The third kappa shape index (κ3) is 5.07. The Labute approximate surface area is 165 Å². The molecular formula is C19H20FN5O2S. The van der Waals surface area contributed by atoms with Gasteiger partial charge in [-0.15, -0.1) is 11.8 Å². The third-order valence-corrected chi connectivity index (χ3v) is 4.78. The van der Waals surface area contributed by atoms with Crippen molar-refractivity contribution >= 4 is 23.5 Å². The number of H-pyrrole nitrogens is 1. The number of hydrogen-bond acceptors (Lipinski definition) is 5. The number of benzene rings is 1. The highest BCUT2D eigenvalue weighted by molar-refractivity contribution is 8.00. The first-order valence-electron chi connectivity index (χ1n) is 8.80. The quantitative estimate of drug-likeness (QED) is 0.594. The Morgan fingerprint density at radius 3 is 2.75 bits per heavy atom. The maximum Gasteiger partial charge on any atom is 0.252 e. The van der Waals surface area contributed by atoms with Gasteiger partial charge < -0.3 is 5.32 Å². The third-order valence-electron chi connectivity index (χ3n) is 3.77. The molecule has 3 aromatic rings. The molecule has 0 radical (unpaired) electrons. The Morgan fingerprint density at radius 2 is 2.04 bits per heavy atom. The maximum atomic E-state index is 13.0. The predicted octanol–water partition coefficient (Wildman–Crippen LogP) is 3.09. The molecule has 0 spiro atoms. The molecule has 0 saturated carbocycles. The lowest BCUT2D eigenvalue weighted by atomic mass is 10.2. The summed E-state index contributed by atoms with van der Waals surface area (Å²) in [5.41, 5.74) is 1.06. The fourth-order valence-corrected chi connectivity index (χ4v) is 3.29. The summed E-state index contributed by atoms with van der Waals surface area (Å²) in [4.78, 5) is 32.1. The SMILES string of the molecule is CCCc1cc(=O)[nH]c(-n2nc(C)cc2NC(=O)CSc2ccc(F)cc2)n1. The number of halogens is 1. The fourth-order valence-electron chi connectivity index (χ4n) is 2.59. The van der Waals surface area contributed by atoms with Crippen molar-refractivity contribution in [3.05, 3.63) is 64.0 Å². The van der Waals surface area contributed by atoms with Gasteiger partial charge >= 0.3 is 0 Å². The number of nitrogens with one attached hydrogen (secondary N) is 2. The van der Waals surface area contributed by atoms with Crippen LogP contribution in [0.15, 0.2) is 46.1 Å². The van der Waals surface area contributed by atoms with Gasteiger partial charge in [-0.25, -0.2) is 9.37 Å². The van der Waals surface area contributed by atoms with E-state index in [0.717, 1.165) is 11.3 Å². The number of carbonyl (C=O) groups excluding carboxylic acids is 1. The summed E-state index contributed by atoms with van der Waals surface area (Å²) in [6, 6.07) is 9.10. The monoisotopic (exact) mass is 401 g/mol. The van der Waals surface area contributed by atoms with E-state index in [9.17, 15) is 14.0 Å². The number of nitrogens with zero attached hydrogens (tertiary/aromatic N) is 3. The van der Waals surface area contributed by atoms with E-state index in [0.29, 0.717) is 23.6 Å². The van der Waals surface area contributed by atoms with Gasteiger partial charge in [0, 0.05) is 22.7 Å². The molecule has 7 nitrogen and oxygen atoms in total. The summed E-state index contributed by atoms with van der Waals surface area (Å²) in [7, 11) is 0. The van der Waals surface area contributed by atoms with Crippen molar-refractivity contribution in [1.29, 1.82) is 0 Å². The van der Waals surface area contributed by atoms with Crippen molar-refractivity contribution in [2.45, 2.75) is 31.6 Å². The number of carbonyl (C=O) groups is 1. The molecule has 2 aromatic heterocycles. The Kier molecular flexibility index (Phi) is 6.25. The molecule has 0 aliphatic rings. The number of thioether (sulfide) groups is 1. The van der Waals surface area contributed by atoms with Crippen LogP contribution in [0.5, 0.6) is 0 Å². The van der Waals surface area contributed by atoms with Gasteiger partial charge in [0.1, 0.15) is 11.6 Å². The van der Waals surface area contributed by atoms with E-state index in [-0.39, 0.29) is 29.0 Å². The van der Waals surface area contributed by atoms with E-state index in [4.69, 9.17) is 0 Å². The fraction of sp³-hybridized carbons (Fsp3) is 0.263. The lowest BCUT2D eigenvalue weighted by Crippen LogP contribution is -2.20. The topological polar surface area (TPSA) is 92.7 Å². The molecule has 2 heterocycles. The molecule has 146 valence electrons. The smallest absolute Gasteiger partial charge is 0.252 e. The van der Waals surface area contributed by atoms with E-state index < -0.39 is 0 Å². The van der Waals surface area contributed by atoms with Crippen LogP contribution >= 0.6 is 11.8 Å². The minimum Gasteiger partial charge on any atom is -0.310 e. The van der Waals surface area contributed by atoms with E-state index in [1.807, 2.05) is 6.92 Å². The van der Waals surface area contributed by atoms with Crippen molar-refractivity contribution in [3.63, 3.8) is 0 Å². The van der Waals surface area contributed by atoms with Gasteiger partial charge in [0.15, 0.2) is 0 Å². The molecule has 28 heavy (non-hydrogen) atoms. The minimum atomic E-state index is -0.319. The highest BCUT2D eigenvalue weighted by Gasteiger charge is 2.14. The average molecular weight is 401 g/mol. The van der Waals surface area contributed by atoms with Crippen LogP contribution < -0.4 is 10.9 Å². The number of aromatic amines is 1. The summed E-state index contributed by atoms with van der Waals surface area (Å²) in [5.74, 6) is 0.252. The van der Waals surface area contributed by atoms with Crippen LogP contribution in [-0.4, -0.2) is 31.4 Å². The lowest BCUT2D eigenvalue weighted by molar-refractivity contribution is -0.113. The van der Waals surface area contributed by atoms with Crippen molar-refractivity contribution in [2.24, 2.45) is 0 Å². The zero-order valence-corrected chi connectivity index (χ0v) is 16.3. The molecule has 2 N–H and O–H groups in total. The van der Waals surface area contributed by atoms with Gasteiger partial charge in [0.25, 0.3) is 5.56 Å². The van der Waals surface area contributed by atoms with E-state index in [2.05, 4.69) is 20.4 Å². The van der Waals surface area contributed by atoms with Crippen molar-refractivity contribution < 1.29 is 9.18 Å². The first-order valence-corrected chi connectivity index (χ1v) is 9.78. The number of amides is 1. The summed E-state index contributed by atoms with van der Waals surface area (Å²) in [5, 5.41) is 7.11. The van der Waals surface area contributed by atoms with Gasteiger partial charge in [0.2, 0.25) is 11.9 Å². The first-order chi connectivity index (χ1) is 13.4. The predicted molar refractivity (Wildman–Crippen MR) is 106 cm³/mol. The molecule has 3 rings (SSSR count). The molecule has 0 aliphatic heterocycles. The Hall–Kier alpha value is -2.94. The number of hydrogen-bond donors (Lipinski definition) is 2. The van der Waals surface area contributed by atoms with Crippen LogP contribution in [0.1, 0.15) is 24.7 Å². The van der Waals surface area contributed by atoms with Gasteiger partial charge in [-0.05, 0) is 37.6 Å². The van der Waals surface area contributed by atoms with E-state index in [1.165, 1.54) is 34.6 Å². The van der Waals surface area contributed by atoms with Crippen LogP contribution in [0.4, 0.5) is 10.2 Å². The van der Waals surface area contributed by atoms with Gasteiger partial charge in [0.05, 0.1) is 11.4 Å². The van der Waals surface area contributed by atoms with Crippen LogP contribution in [0.3, 0.4) is 0 Å². The zero-order valence-electron chi connectivity index (χ0n) is 15.5. The lowest BCUT2D eigenvalue weighted by Gasteiger charge is -2.09. The molecule has 1 aromatic carbocycles. The molecular weight excluding hydrogens is 381 g/mol. The number of rotatable bonds is 7. The Bertz CT molecular complexity index is 1030. The van der Waals surface area contributed by atoms with E-state index >= 15 is 0 Å². The van der Waals surface area contributed by atoms with Gasteiger partial charge in [-0.1, -0.05) is 13.3 Å². The van der Waals surface area contributed by atoms with Gasteiger partial charge in [-0.3, -0.25) is 14.6 Å². The van der Waals surface area contributed by atoms with Crippen LogP contribution in [0, 0.1) is 12.7 Å². The number of anilines is 1. The minimum absolute atomic E-state index is 0.148. The highest BCUT2D eigenvalue weighted by atomic mass is 32.2. The number of aryl methyl sites for hydroxylation is 2. The molecule has 9 heteroatoms. The van der Waals surface area contributed by atoms with Gasteiger partial charge in [-0.2, -0.15) is 9.78 Å². The van der Waals surface area contributed by atoms with Crippen molar-refractivity contribution in [2.75, 3.05) is 11.1 Å². The van der Waals surface area contributed by atoms with Crippen LogP contribution in [0.25, 0.3) is 5.95 Å². The zero-order chi connectivity index (χ0) is 20.1. The molecule has 0 saturated heterocycles. The molecule has 0 fully saturated rings. The number of aromatic nitrogens is 4. The molecule has 0 aliphatic carbocycles. The summed E-state index contributed by atoms with van der Waals surface area (Å²) in [6.07, 6.45) is 1.53. The first kappa shape index (κ1) is 19.8. The second kappa shape index (κ2) is 8.83. The Morgan fingerprint density at radius 1 is 1.29 bits per heavy atom. The standard InChI is InChI=1S/C19H20FN5O2S/c1-3-4-14-10-17(26)23-19(21-14)25-16(9-12(2)24-25)22-18(27)11-28-15-7-5-13(20)6-8-15/h5-10H,3-4,11H2,1-2H3,(H,22,27)(H,21,23,26). The molecule has 0 bridgehead atoms. The normalized spacial score (nSPS) is 10.8. The van der Waals surface area contributed by atoms with Crippen LogP contribution in [-0.2, 0) is 11.2 Å². The molecule has 1 amide bonds. The molecule has 0 atom stereocenters. The van der Waals surface area contributed by atoms with Crippen molar-refractivity contribution in [1.82, 2.24) is 19.7 Å². The molecule has 0 unspecified atom stereocenters. The average Bonchev–Trinajstić information content (AvgIpc) is 3.01. The van der Waals surface area contributed by atoms with E-state index in [1.54, 1.807) is 25.1 Å². The highest BCUT2D eigenvalue weighted by Crippen LogP contribution is 2.19. The summed E-state index contributed by atoms with van der Waals surface area (Å²) >= 11 is 1.29. The summed E-state index contributed by atoms with van der Waals surface area (Å²) < 4.78 is 14.4. The second-order valence-corrected chi connectivity index (χ2v) is 7.23. The summed E-state index contributed by atoms with van der Waals surface area (Å²) in [6.45, 7) is 3.79. The van der Waals surface area contributed by atoms with Crippen molar-refractivity contribution in [3.8, 4) is 5.95 Å². The second-order valence-electron chi connectivity index (χ2n) is 6.18. The van der Waals surface area contributed by atoms with Crippen LogP contribution in [0.2, 0.25) is 0 Å².